The SMILES string of the molecule is C=C1C(Cc2ccc(-n3cnc(C)c3)c(NC)c2)CC2(COC2)CN1C(COC)c1ccc(F)cc1. The summed E-state index contributed by atoms with van der Waals surface area (Å²) in [5, 5.41) is 3.35. The van der Waals surface area contributed by atoms with Crippen molar-refractivity contribution in [2.75, 3.05) is 45.8 Å². The maximum absolute atomic E-state index is 13.7. The summed E-state index contributed by atoms with van der Waals surface area (Å²) in [6.45, 7) is 9.48. The number of nitrogens with zero attached hydrogens (tertiary/aromatic N) is 3. The van der Waals surface area contributed by atoms with Crippen LogP contribution < -0.4 is 5.32 Å². The fraction of sp³-hybridized carbons (Fsp3) is 0.414. The molecule has 2 unspecified atom stereocenters. The highest BCUT2D eigenvalue weighted by atomic mass is 19.1. The van der Waals surface area contributed by atoms with Gasteiger partial charge in [0.05, 0.1) is 49.3 Å². The highest BCUT2D eigenvalue weighted by molar-refractivity contribution is 5.62. The molecule has 0 bridgehead atoms. The number of rotatable bonds is 8. The van der Waals surface area contributed by atoms with Crippen molar-refractivity contribution in [1.29, 1.82) is 0 Å². The first-order chi connectivity index (χ1) is 17.4. The maximum Gasteiger partial charge on any atom is 0.123 e. The molecule has 1 aromatic heterocycles. The van der Waals surface area contributed by atoms with Crippen LogP contribution in [0.1, 0.15) is 29.3 Å². The number of imidazole rings is 1. The van der Waals surface area contributed by atoms with E-state index < -0.39 is 0 Å². The zero-order chi connectivity index (χ0) is 25.3. The number of aryl methyl sites for hydroxylation is 1. The Hall–Kier alpha value is -3.16. The molecule has 0 aliphatic carbocycles. The summed E-state index contributed by atoms with van der Waals surface area (Å²) in [7, 11) is 3.66. The second kappa shape index (κ2) is 10.1. The van der Waals surface area contributed by atoms with E-state index in [0.717, 1.165) is 60.9 Å². The molecule has 3 heterocycles. The Morgan fingerprint density at radius 3 is 2.64 bits per heavy atom. The van der Waals surface area contributed by atoms with Gasteiger partial charge >= 0.3 is 0 Å². The molecule has 5 rings (SSSR count). The second-order valence-corrected chi connectivity index (χ2v) is 10.3. The molecule has 0 amide bonds. The monoisotopic (exact) mass is 490 g/mol. The Bertz CT molecular complexity index is 1220. The Kier molecular flexibility index (Phi) is 6.86. The predicted octanol–water partition coefficient (Wildman–Crippen LogP) is 5.14. The van der Waals surface area contributed by atoms with Crippen molar-refractivity contribution < 1.29 is 13.9 Å². The van der Waals surface area contributed by atoms with Crippen LogP contribution in [0.4, 0.5) is 10.1 Å². The van der Waals surface area contributed by atoms with Gasteiger partial charge in [-0.3, -0.25) is 0 Å². The van der Waals surface area contributed by atoms with Gasteiger partial charge in [-0.2, -0.15) is 0 Å². The number of nitrogens with one attached hydrogen (secondary N) is 1. The first-order valence-corrected chi connectivity index (χ1v) is 12.5. The van der Waals surface area contributed by atoms with Gasteiger partial charge in [0.1, 0.15) is 5.82 Å². The summed E-state index contributed by atoms with van der Waals surface area (Å²) in [6.07, 6.45) is 5.81. The number of ether oxygens (including phenoxy) is 2. The smallest absolute Gasteiger partial charge is 0.123 e. The van der Waals surface area contributed by atoms with Crippen LogP contribution in [-0.2, 0) is 15.9 Å². The number of allylic oxidation sites excluding steroid dienone is 1. The van der Waals surface area contributed by atoms with Gasteiger partial charge in [-0.05, 0) is 55.2 Å². The highest BCUT2D eigenvalue weighted by Crippen LogP contribution is 2.47. The minimum absolute atomic E-state index is 0.0249. The molecule has 2 aliphatic heterocycles. The molecule has 190 valence electrons. The van der Waals surface area contributed by atoms with E-state index >= 15 is 0 Å². The van der Waals surface area contributed by atoms with Gasteiger partial charge in [-0.1, -0.05) is 24.8 Å². The summed E-state index contributed by atoms with van der Waals surface area (Å²) in [5.74, 6) is 0.0391. The minimum atomic E-state index is -0.233. The molecule has 0 radical (unpaired) electrons. The van der Waals surface area contributed by atoms with Crippen molar-refractivity contribution >= 4 is 5.69 Å². The Morgan fingerprint density at radius 2 is 2.03 bits per heavy atom. The van der Waals surface area contributed by atoms with Gasteiger partial charge < -0.3 is 24.3 Å². The first-order valence-electron chi connectivity index (χ1n) is 12.5. The average molecular weight is 491 g/mol. The molecule has 6 nitrogen and oxygen atoms in total. The maximum atomic E-state index is 13.7. The summed E-state index contributed by atoms with van der Waals surface area (Å²) < 4.78 is 27.0. The molecule has 2 atom stereocenters. The largest absolute Gasteiger partial charge is 0.386 e. The minimum Gasteiger partial charge on any atom is -0.386 e. The van der Waals surface area contributed by atoms with E-state index in [2.05, 4.69) is 40.0 Å². The molecular formula is C29H35FN4O2. The number of halogens is 1. The van der Waals surface area contributed by atoms with Crippen LogP contribution in [0, 0.1) is 24.1 Å². The van der Waals surface area contributed by atoms with Gasteiger partial charge in [0, 0.05) is 43.9 Å². The third kappa shape index (κ3) is 4.77. The van der Waals surface area contributed by atoms with Crippen molar-refractivity contribution in [2.45, 2.75) is 25.8 Å². The number of anilines is 1. The average Bonchev–Trinajstić information content (AvgIpc) is 3.29. The van der Waals surface area contributed by atoms with E-state index in [1.807, 2.05) is 43.2 Å². The van der Waals surface area contributed by atoms with Crippen LogP contribution in [0.2, 0.25) is 0 Å². The van der Waals surface area contributed by atoms with Gasteiger partial charge in [-0.15, -0.1) is 0 Å². The van der Waals surface area contributed by atoms with Crippen LogP contribution in [0.25, 0.3) is 5.69 Å². The lowest BCUT2D eigenvalue weighted by atomic mass is 9.70. The van der Waals surface area contributed by atoms with Crippen LogP contribution in [0.15, 0.2) is 67.3 Å². The Balaban J connectivity index is 1.43. The highest BCUT2D eigenvalue weighted by Gasteiger charge is 2.48. The molecule has 2 fully saturated rings. The Morgan fingerprint density at radius 1 is 1.25 bits per heavy atom. The summed E-state index contributed by atoms with van der Waals surface area (Å²) in [4.78, 5) is 6.75. The van der Waals surface area contributed by atoms with Gasteiger partial charge in [0.2, 0.25) is 0 Å². The molecule has 1 N–H and O–H groups in total. The van der Waals surface area contributed by atoms with Crippen LogP contribution in [0.3, 0.4) is 0 Å². The number of hydrogen-bond donors (Lipinski definition) is 1. The number of likely N-dealkylation sites (tertiary alicyclic amines) is 1. The third-order valence-corrected chi connectivity index (χ3v) is 7.60. The molecule has 1 spiro atoms. The van der Waals surface area contributed by atoms with E-state index in [-0.39, 0.29) is 23.2 Å². The number of piperidine rings is 1. The summed E-state index contributed by atoms with van der Waals surface area (Å²) in [6, 6.07) is 13.3. The topological polar surface area (TPSA) is 51.5 Å². The van der Waals surface area contributed by atoms with Crippen molar-refractivity contribution in [1.82, 2.24) is 14.5 Å². The molecule has 0 saturated carbocycles. The predicted molar refractivity (Wildman–Crippen MR) is 140 cm³/mol. The van der Waals surface area contributed by atoms with Crippen LogP contribution >= 0.6 is 0 Å². The molecule has 36 heavy (non-hydrogen) atoms. The summed E-state index contributed by atoms with van der Waals surface area (Å²) in [5.41, 5.74) is 6.64. The van der Waals surface area contributed by atoms with Crippen LogP contribution in [0.5, 0.6) is 0 Å². The molecule has 3 aromatic rings. The zero-order valence-electron chi connectivity index (χ0n) is 21.3. The number of aromatic nitrogens is 2. The van der Waals surface area contributed by atoms with E-state index in [1.165, 1.54) is 17.7 Å². The molecule has 2 aliphatic rings. The van der Waals surface area contributed by atoms with Crippen LogP contribution in [-0.4, -0.2) is 55.0 Å². The zero-order valence-corrected chi connectivity index (χ0v) is 21.3. The van der Waals surface area contributed by atoms with Crippen molar-refractivity contribution in [3.05, 3.63) is 89.9 Å². The first kappa shape index (κ1) is 24.5. The third-order valence-electron chi connectivity index (χ3n) is 7.60. The van der Waals surface area contributed by atoms with E-state index in [0.29, 0.717) is 6.61 Å². The number of benzene rings is 2. The summed E-state index contributed by atoms with van der Waals surface area (Å²) >= 11 is 0. The van der Waals surface area contributed by atoms with Gasteiger partial charge in [-0.25, -0.2) is 9.37 Å². The van der Waals surface area contributed by atoms with Crippen molar-refractivity contribution in [2.24, 2.45) is 11.3 Å². The lowest BCUT2D eigenvalue weighted by Gasteiger charge is -2.54. The lowest BCUT2D eigenvalue weighted by molar-refractivity contribution is -0.152. The van der Waals surface area contributed by atoms with Gasteiger partial charge in [0.25, 0.3) is 0 Å². The van der Waals surface area contributed by atoms with Crippen molar-refractivity contribution in [3.8, 4) is 5.69 Å². The van der Waals surface area contributed by atoms with E-state index in [9.17, 15) is 4.39 Å². The standard InChI is InChI=1S/C29H35FN4O2/c1-20-14-33(19-32-20)27-10-5-22(12-26(27)31-3)11-24-13-29(17-36-18-29)16-34(21(24)2)28(15-35-4)23-6-8-25(30)9-7-23/h5-10,12,14,19,24,28,31H,2,11,13,15-18H2,1,3-4H3. The second-order valence-electron chi connectivity index (χ2n) is 10.3. The number of hydrogen-bond acceptors (Lipinski definition) is 5. The van der Waals surface area contributed by atoms with Gasteiger partial charge in [0.15, 0.2) is 0 Å². The lowest BCUT2D eigenvalue weighted by Crippen LogP contribution is -2.57. The fourth-order valence-electron chi connectivity index (χ4n) is 5.68. The fourth-order valence-corrected chi connectivity index (χ4v) is 5.68. The van der Waals surface area contributed by atoms with E-state index in [4.69, 9.17) is 9.47 Å². The quantitative estimate of drug-likeness (QED) is 0.474. The number of methoxy groups -OCH3 is 1. The van der Waals surface area contributed by atoms with E-state index in [1.54, 1.807) is 7.11 Å². The normalized spacial score (nSPS) is 19.8. The molecule has 2 saturated heterocycles. The Labute approximate surface area is 212 Å². The molecule has 2 aromatic carbocycles. The molecular weight excluding hydrogens is 455 g/mol. The molecule has 7 heteroatoms. The van der Waals surface area contributed by atoms with Crippen molar-refractivity contribution in [3.63, 3.8) is 0 Å².